The van der Waals surface area contributed by atoms with Crippen LogP contribution in [-0.4, -0.2) is 72.2 Å². The first-order chi connectivity index (χ1) is 9.50. The number of piperidine rings is 2. The fraction of sp³-hybridized carbons (Fsp3) is 0.933. The summed E-state index contributed by atoms with van der Waals surface area (Å²) in [7, 11) is 2.07. The molecule has 0 spiro atoms. The van der Waals surface area contributed by atoms with Crippen LogP contribution in [-0.2, 0) is 4.79 Å². The Labute approximate surface area is 122 Å². The molecule has 0 radical (unpaired) electrons. The zero-order valence-electron chi connectivity index (χ0n) is 12.9. The molecular weight excluding hydrogens is 254 g/mol. The standard InChI is InChI=1S/C15H29N3O2/c1-13(18-8-4-3-5-9-18)14(19)16-12-15(20)6-10-17(2)11-7-15/h13,20H,3-12H2,1-2H3,(H,16,19). The molecule has 2 aliphatic rings. The van der Waals surface area contributed by atoms with Crippen LogP contribution in [0.2, 0.25) is 0 Å². The number of amides is 1. The first kappa shape index (κ1) is 15.7. The third kappa shape index (κ3) is 4.17. The van der Waals surface area contributed by atoms with Gasteiger partial charge in [0, 0.05) is 19.6 Å². The maximum absolute atomic E-state index is 12.2. The SMILES string of the molecule is CC(C(=O)NCC1(O)CCN(C)CC1)N1CCCCC1. The minimum Gasteiger partial charge on any atom is -0.388 e. The summed E-state index contributed by atoms with van der Waals surface area (Å²) in [5.41, 5.74) is -0.718. The van der Waals surface area contributed by atoms with E-state index in [0.29, 0.717) is 6.54 Å². The van der Waals surface area contributed by atoms with E-state index < -0.39 is 5.60 Å². The number of rotatable bonds is 4. The number of nitrogens with zero attached hydrogens (tertiary/aromatic N) is 2. The van der Waals surface area contributed by atoms with E-state index in [0.717, 1.165) is 39.0 Å². The van der Waals surface area contributed by atoms with Gasteiger partial charge in [-0.3, -0.25) is 9.69 Å². The van der Waals surface area contributed by atoms with Crippen LogP contribution in [0, 0.1) is 0 Å². The highest BCUT2D eigenvalue weighted by Crippen LogP contribution is 2.20. The van der Waals surface area contributed by atoms with Crippen LogP contribution >= 0.6 is 0 Å². The topological polar surface area (TPSA) is 55.8 Å². The number of likely N-dealkylation sites (tertiary alicyclic amines) is 2. The third-order valence-corrected chi connectivity index (χ3v) is 4.83. The molecule has 5 heteroatoms. The zero-order valence-corrected chi connectivity index (χ0v) is 12.9. The monoisotopic (exact) mass is 283 g/mol. The lowest BCUT2D eigenvalue weighted by Crippen LogP contribution is -2.53. The number of carbonyl (C=O) groups is 1. The zero-order chi connectivity index (χ0) is 14.6. The fourth-order valence-corrected chi connectivity index (χ4v) is 3.08. The number of aliphatic hydroxyl groups is 1. The van der Waals surface area contributed by atoms with Gasteiger partial charge in [-0.25, -0.2) is 0 Å². The minimum atomic E-state index is -0.718. The van der Waals surface area contributed by atoms with E-state index in [9.17, 15) is 9.90 Å². The van der Waals surface area contributed by atoms with Crippen molar-refractivity contribution in [2.45, 2.75) is 50.7 Å². The van der Waals surface area contributed by atoms with Crippen LogP contribution in [0.15, 0.2) is 0 Å². The molecule has 1 atom stereocenters. The third-order valence-electron chi connectivity index (χ3n) is 4.83. The van der Waals surface area contributed by atoms with Crippen LogP contribution in [0.5, 0.6) is 0 Å². The molecule has 116 valence electrons. The quantitative estimate of drug-likeness (QED) is 0.786. The van der Waals surface area contributed by atoms with Crippen molar-refractivity contribution in [2.24, 2.45) is 0 Å². The maximum atomic E-state index is 12.2. The lowest BCUT2D eigenvalue weighted by atomic mass is 9.91. The van der Waals surface area contributed by atoms with Gasteiger partial charge in [0.05, 0.1) is 11.6 Å². The summed E-state index contributed by atoms with van der Waals surface area (Å²) in [6, 6.07) is -0.0786. The molecule has 20 heavy (non-hydrogen) atoms. The Balaban J connectivity index is 1.76. The molecule has 2 aliphatic heterocycles. The molecule has 0 aliphatic carbocycles. The summed E-state index contributed by atoms with van der Waals surface area (Å²) < 4.78 is 0. The van der Waals surface area contributed by atoms with Crippen molar-refractivity contribution in [2.75, 3.05) is 39.8 Å². The van der Waals surface area contributed by atoms with Crippen molar-refractivity contribution < 1.29 is 9.90 Å². The Morgan fingerprint density at radius 3 is 2.40 bits per heavy atom. The Kier molecular flexibility index (Phi) is 5.41. The second-order valence-electron chi connectivity index (χ2n) is 6.52. The van der Waals surface area contributed by atoms with Gasteiger partial charge in [0.2, 0.25) is 5.91 Å². The van der Waals surface area contributed by atoms with Crippen molar-refractivity contribution in [3.63, 3.8) is 0 Å². The normalized spacial score (nSPS) is 26.1. The Morgan fingerprint density at radius 1 is 1.20 bits per heavy atom. The lowest BCUT2D eigenvalue weighted by Gasteiger charge is -2.37. The minimum absolute atomic E-state index is 0.0549. The molecular formula is C15H29N3O2. The summed E-state index contributed by atoms with van der Waals surface area (Å²) >= 11 is 0. The smallest absolute Gasteiger partial charge is 0.237 e. The first-order valence-corrected chi connectivity index (χ1v) is 7.93. The predicted molar refractivity (Wildman–Crippen MR) is 79.6 cm³/mol. The van der Waals surface area contributed by atoms with Crippen LogP contribution in [0.25, 0.3) is 0 Å². The van der Waals surface area contributed by atoms with E-state index >= 15 is 0 Å². The van der Waals surface area contributed by atoms with Gasteiger partial charge in [0.25, 0.3) is 0 Å². The molecule has 0 saturated carbocycles. The highest BCUT2D eigenvalue weighted by atomic mass is 16.3. The number of hydrogen-bond donors (Lipinski definition) is 2. The molecule has 2 rings (SSSR count). The van der Waals surface area contributed by atoms with Crippen molar-refractivity contribution in [3.8, 4) is 0 Å². The highest BCUT2D eigenvalue weighted by Gasteiger charge is 2.32. The van der Waals surface area contributed by atoms with Gasteiger partial charge in [0.15, 0.2) is 0 Å². The van der Waals surface area contributed by atoms with Crippen LogP contribution in [0.4, 0.5) is 0 Å². The van der Waals surface area contributed by atoms with E-state index in [4.69, 9.17) is 0 Å². The van der Waals surface area contributed by atoms with E-state index in [1.54, 1.807) is 0 Å². The number of nitrogens with one attached hydrogen (secondary N) is 1. The summed E-state index contributed by atoms with van der Waals surface area (Å²) in [5, 5.41) is 13.4. The molecule has 2 fully saturated rings. The summed E-state index contributed by atoms with van der Waals surface area (Å²) in [6.45, 7) is 6.19. The average molecular weight is 283 g/mol. The van der Waals surface area contributed by atoms with E-state index in [1.807, 2.05) is 6.92 Å². The van der Waals surface area contributed by atoms with Gasteiger partial charge >= 0.3 is 0 Å². The van der Waals surface area contributed by atoms with Crippen LogP contribution in [0.1, 0.15) is 39.0 Å². The van der Waals surface area contributed by atoms with E-state index in [1.165, 1.54) is 19.3 Å². The average Bonchev–Trinajstić information content (AvgIpc) is 2.48. The van der Waals surface area contributed by atoms with Gasteiger partial charge in [-0.1, -0.05) is 6.42 Å². The van der Waals surface area contributed by atoms with Gasteiger partial charge < -0.3 is 15.3 Å². The Hall–Kier alpha value is -0.650. The summed E-state index contributed by atoms with van der Waals surface area (Å²) in [4.78, 5) is 16.7. The van der Waals surface area contributed by atoms with Crippen molar-refractivity contribution in [1.82, 2.24) is 15.1 Å². The highest BCUT2D eigenvalue weighted by molar-refractivity contribution is 5.81. The second kappa shape index (κ2) is 6.87. The molecule has 0 aromatic rings. The predicted octanol–water partition coefficient (Wildman–Crippen LogP) is 0.434. The lowest BCUT2D eigenvalue weighted by molar-refractivity contribution is -0.128. The van der Waals surface area contributed by atoms with Crippen LogP contribution < -0.4 is 5.32 Å². The molecule has 1 amide bonds. The summed E-state index contributed by atoms with van der Waals surface area (Å²) in [5.74, 6) is 0.0549. The van der Waals surface area contributed by atoms with Gasteiger partial charge in [-0.15, -0.1) is 0 Å². The van der Waals surface area contributed by atoms with Crippen LogP contribution in [0.3, 0.4) is 0 Å². The molecule has 0 bridgehead atoms. The maximum Gasteiger partial charge on any atom is 0.237 e. The Bertz CT molecular complexity index is 321. The van der Waals surface area contributed by atoms with Crippen molar-refractivity contribution >= 4 is 5.91 Å². The second-order valence-corrected chi connectivity index (χ2v) is 6.52. The van der Waals surface area contributed by atoms with Crippen molar-refractivity contribution in [1.29, 1.82) is 0 Å². The molecule has 0 aromatic heterocycles. The first-order valence-electron chi connectivity index (χ1n) is 7.93. The molecule has 1 unspecified atom stereocenters. The van der Waals surface area contributed by atoms with Gasteiger partial charge in [-0.05, 0) is 52.7 Å². The number of hydrogen-bond acceptors (Lipinski definition) is 4. The summed E-state index contributed by atoms with van der Waals surface area (Å²) in [6.07, 6.45) is 5.13. The van der Waals surface area contributed by atoms with Gasteiger partial charge in [0.1, 0.15) is 0 Å². The van der Waals surface area contributed by atoms with Crippen molar-refractivity contribution in [3.05, 3.63) is 0 Å². The van der Waals surface area contributed by atoms with E-state index in [2.05, 4.69) is 22.2 Å². The Morgan fingerprint density at radius 2 is 1.80 bits per heavy atom. The van der Waals surface area contributed by atoms with E-state index in [-0.39, 0.29) is 11.9 Å². The molecule has 5 nitrogen and oxygen atoms in total. The fourth-order valence-electron chi connectivity index (χ4n) is 3.08. The molecule has 2 heterocycles. The molecule has 2 saturated heterocycles. The molecule has 2 N–H and O–H groups in total. The molecule has 0 aromatic carbocycles. The number of carbonyl (C=O) groups excluding carboxylic acids is 1. The largest absolute Gasteiger partial charge is 0.388 e. The van der Waals surface area contributed by atoms with Gasteiger partial charge in [-0.2, -0.15) is 0 Å².